The first-order valence-electron chi connectivity index (χ1n) is 4.75. The van der Waals surface area contributed by atoms with E-state index in [1.165, 1.54) is 17.7 Å². The van der Waals surface area contributed by atoms with E-state index in [-0.39, 0.29) is 19.0 Å². The van der Waals surface area contributed by atoms with Gasteiger partial charge in [0.05, 0.1) is 13.1 Å². The molecule has 0 radical (unpaired) electrons. The lowest BCUT2D eigenvalue weighted by molar-refractivity contribution is -0.138. The van der Waals surface area contributed by atoms with E-state index in [2.05, 4.69) is 5.32 Å². The summed E-state index contributed by atoms with van der Waals surface area (Å²) >= 11 is 0. The quantitative estimate of drug-likeness (QED) is 0.608. The van der Waals surface area contributed by atoms with Crippen molar-refractivity contribution < 1.29 is 14.7 Å². The normalized spacial score (nSPS) is 15.6. The van der Waals surface area contributed by atoms with E-state index in [0.29, 0.717) is 5.92 Å². The predicted octanol–water partition coefficient (Wildman–Crippen LogP) is -0.471. The fourth-order valence-corrected chi connectivity index (χ4v) is 1.17. The molecular formula is C9H16N2O3. The van der Waals surface area contributed by atoms with Gasteiger partial charge in [-0.1, -0.05) is 0 Å². The van der Waals surface area contributed by atoms with Crippen LogP contribution in [0.1, 0.15) is 12.8 Å². The molecule has 0 bridgehead atoms. The molecule has 5 nitrogen and oxygen atoms in total. The molecule has 1 aliphatic rings. The Bertz CT molecular complexity index is 226. The average molecular weight is 200 g/mol. The molecule has 0 unspecified atom stereocenters. The second-order valence-corrected chi connectivity index (χ2v) is 3.81. The standard InChI is InChI=1S/C9H16N2O3/c1-11(6-9(13)14)5-8(12)10-4-7-2-3-7/h7H,2-6H2,1H3,(H,10,12)(H,13,14). The highest BCUT2D eigenvalue weighted by atomic mass is 16.4. The first-order valence-corrected chi connectivity index (χ1v) is 4.75. The van der Waals surface area contributed by atoms with Crippen LogP contribution in [0, 0.1) is 5.92 Å². The van der Waals surface area contributed by atoms with Gasteiger partial charge in [-0.15, -0.1) is 0 Å². The highest BCUT2D eigenvalue weighted by molar-refractivity contribution is 5.78. The summed E-state index contributed by atoms with van der Waals surface area (Å²) in [4.78, 5) is 23.0. The van der Waals surface area contributed by atoms with Crippen LogP contribution >= 0.6 is 0 Å². The molecule has 1 amide bonds. The third kappa shape index (κ3) is 4.81. The van der Waals surface area contributed by atoms with Gasteiger partial charge in [-0.05, 0) is 25.8 Å². The van der Waals surface area contributed by atoms with Crippen LogP contribution in [-0.4, -0.2) is 48.6 Å². The highest BCUT2D eigenvalue weighted by Gasteiger charge is 2.21. The van der Waals surface area contributed by atoms with Gasteiger partial charge in [-0.25, -0.2) is 0 Å². The van der Waals surface area contributed by atoms with Crippen molar-refractivity contribution in [1.82, 2.24) is 10.2 Å². The lowest BCUT2D eigenvalue weighted by Gasteiger charge is -2.13. The third-order valence-electron chi connectivity index (χ3n) is 2.10. The van der Waals surface area contributed by atoms with E-state index in [9.17, 15) is 9.59 Å². The maximum Gasteiger partial charge on any atom is 0.317 e. The van der Waals surface area contributed by atoms with Crippen molar-refractivity contribution in [2.45, 2.75) is 12.8 Å². The summed E-state index contributed by atoms with van der Waals surface area (Å²) in [5.41, 5.74) is 0. The van der Waals surface area contributed by atoms with Crippen LogP contribution in [0.15, 0.2) is 0 Å². The van der Waals surface area contributed by atoms with Crippen LogP contribution in [0.5, 0.6) is 0 Å². The largest absolute Gasteiger partial charge is 0.480 e. The summed E-state index contributed by atoms with van der Waals surface area (Å²) < 4.78 is 0. The first kappa shape index (κ1) is 11.0. The Hall–Kier alpha value is -1.10. The van der Waals surface area contributed by atoms with E-state index < -0.39 is 5.97 Å². The SMILES string of the molecule is CN(CC(=O)O)CC(=O)NCC1CC1. The van der Waals surface area contributed by atoms with Crippen LogP contribution in [0.4, 0.5) is 0 Å². The van der Waals surface area contributed by atoms with Gasteiger partial charge < -0.3 is 10.4 Å². The second-order valence-electron chi connectivity index (χ2n) is 3.81. The summed E-state index contributed by atoms with van der Waals surface area (Å²) in [5.74, 6) is -0.355. The number of likely N-dealkylation sites (N-methyl/N-ethyl adjacent to an activating group) is 1. The number of carbonyl (C=O) groups is 2. The minimum atomic E-state index is -0.914. The fraction of sp³-hybridized carbons (Fsp3) is 0.778. The van der Waals surface area contributed by atoms with E-state index >= 15 is 0 Å². The van der Waals surface area contributed by atoms with E-state index in [0.717, 1.165) is 6.54 Å². The number of carbonyl (C=O) groups excluding carboxylic acids is 1. The minimum absolute atomic E-state index is 0.0966. The van der Waals surface area contributed by atoms with Crippen molar-refractivity contribution >= 4 is 11.9 Å². The highest BCUT2D eigenvalue weighted by Crippen LogP contribution is 2.27. The number of rotatable bonds is 6. The Labute approximate surface area is 83.1 Å². The molecule has 1 aliphatic carbocycles. The maximum absolute atomic E-state index is 11.2. The Morgan fingerprint density at radius 2 is 2.07 bits per heavy atom. The number of carboxylic acids is 1. The van der Waals surface area contributed by atoms with Crippen molar-refractivity contribution in [3.8, 4) is 0 Å². The number of nitrogens with one attached hydrogen (secondary N) is 1. The molecule has 0 atom stereocenters. The zero-order valence-corrected chi connectivity index (χ0v) is 8.32. The van der Waals surface area contributed by atoms with Gasteiger partial charge in [0, 0.05) is 6.54 Å². The van der Waals surface area contributed by atoms with Gasteiger partial charge in [-0.3, -0.25) is 14.5 Å². The molecule has 0 aromatic heterocycles. The van der Waals surface area contributed by atoms with Crippen LogP contribution in [0.2, 0.25) is 0 Å². The molecule has 2 N–H and O–H groups in total. The zero-order chi connectivity index (χ0) is 10.6. The molecule has 0 aliphatic heterocycles. The molecule has 5 heteroatoms. The summed E-state index contributed by atoms with van der Waals surface area (Å²) in [6.45, 7) is 0.787. The van der Waals surface area contributed by atoms with Crippen molar-refractivity contribution in [2.24, 2.45) is 5.92 Å². The molecule has 0 aromatic carbocycles. The van der Waals surface area contributed by atoms with Crippen molar-refractivity contribution in [2.75, 3.05) is 26.7 Å². The molecule has 14 heavy (non-hydrogen) atoms. The number of carboxylic acid groups (broad SMARTS) is 1. The molecular weight excluding hydrogens is 184 g/mol. The maximum atomic E-state index is 11.2. The summed E-state index contributed by atoms with van der Waals surface area (Å²) in [6.07, 6.45) is 2.40. The topological polar surface area (TPSA) is 69.6 Å². The van der Waals surface area contributed by atoms with Crippen molar-refractivity contribution in [3.63, 3.8) is 0 Å². The molecule has 0 heterocycles. The van der Waals surface area contributed by atoms with E-state index in [1.54, 1.807) is 7.05 Å². The monoisotopic (exact) mass is 200 g/mol. The number of amides is 1. The Morgan fingerprint density at radius 3 is 2.57 bits per heavy atom. The van der Waals surface area contributed by atoms with Gasteiger partial charge in [0.2, 0.25) is 5.91 Å². The first-order chi connectivity index (χ1) is 6.58. The predicted molar refractivity (Wildman–Crippen MR) is 50.9 cm³/mol. The number of aliphatic carboxylic acids is 1. The fourth-order valence-electron chi connectivity index (χ4n) is 1.17. The van der Waals surface area contributed by atoms with Gasteiger partial charge in [0.25, 0.3) is 0 Å². The lowest BCUT2D eigenvalue weighted by Crippen LogP contribution is -2.38. The minimum Gasteiger partial charge on any atom is -0.480 e. The summed E-state index contributed by atoms with van der Waals surface area (Å²) in [5, 5.41) is 11.2. The van der Waals surface area contributed by atoms with Gasteiger partial charge >= 0.3 is 5.97 Å². The van der Waals surface area contributed by atoms with Crippen LogP contribution in [0.3, 0.4) is 0 Å². The zero-order valence-electron chi connectivity index (χ0n) is 8.32. The number of hydrogen-bond acceptors (Lipinski definition) is 3. The molecule has 1 rings (SSSR count). The van der Waals surface area contributed by atoms with Gasteiger partial charge in [0.1, 0.15) is 0 Å². The Balaban J connectivity index is 2.08. The number of nitrogens with zero attached hydrogens (tertiary/aromatic N) is 1. The third-order valence-corrected chi connectivity index (χ3v) is 2.10. The van der Waals surface area contributed by atoms with Crippen molar-refractivity contribution in [3.05, 3.63) is 0 Å². The van der Waals surface area contributed by atoms with E-state index in [1.807, 2.05) is 0 Å². The molecule has 0 spiro atoms. The Morgan fingerprint density at radius 1 is 1.43 bits per heavy atom. The van der Waals surface area contributed by atoms with Crippen molar-refractivity contribution in [1.29, 1.82) is 0 Å². The molecule has 1 saturated carbocycles. The summed E-state index contributed by atoms with van der Waals surface area (Å²) in [6, 6.07) is 0. The molecule has 0 aromatic rings. The second kappa shape index (κ2) is 4.95. The smallest absolute Gasteiger partial charge is 0.317 e. The Kier molecular flexibility index (Phi) is 3.88. The molecule has 0 saturated heterocycles. The average Bonchev–Trinajstić information content (AvgIpc) is 2.81. The van der Waals surface area contributed by atoms with Gasteiger partial charge in [0.15, 0.2) is 0 Å². The molecule has 1 fully saturated rings. The van der Waals surface area contributed by atoms with Crippen LogP contribution < -0.4 is 5.32 Å². The van der Waals surface area contributed by atoms with Gasteiger partial charge in [-0.2, -0.15) is 0 Å². The van der Waals surface area contributed by atoms with E-state index in [4.69, 9.17) is 5.11 Å². The summed E-state index contributed by atoms with van der Waals surface area (Å²) in [7, 11) is 1.62. The number of hydrogen-bond donors (Lipinski definition) is 2. The lowest BCUT2D eigenvalue weighted by atomic mass is 10.4. The van der Waals surface area contributed by atoms with Crippen LogP contribution in [0.25, 0.3) is 0 Å². The van der Waals surface area contributed by atoms with Crippen LogP contribution in [-0.2, 0) is 9.59 Å². The molecule has 80 valence electrons.